The summed E-state index contributed by atoms with van der Waals surface area (Å²) < 4.78 is 61.2. The topological polar surface area (TPSA) is 57.6 Å². The van der Waals surface area contributed by atoms with Crippen molar-refractivity contribution in [2.45, 2.75) is 17.5 Å². The van der Waals surface area contributed by atoms with Crippen molar-refractivity contribution < 1.29 is 26.7 Å². The van der Waals surface area contributed by atoms with E-state index in [-0.39, 0.29) is 22.2 Å². The molecule has 0 aromatic heterocycles. The van der Waals surface area contributed by atoms with Gasteiger partial charge in [0.25, 0.3) is 0 Å². The Morgan fingerprint density at radius 2 is 2.00 bits per heavy atom. The highest BCUT2D eigenvalue weighted by Gasteiger charge is 2.34. The molecule has 0 spiro atoms. The van der Waals surface area contributed by atoms with Crippen LogP contribution < -0.4 is 0 Å². The Hall–Kier alpha value is -1.56. The van der Waals surface area contributed by atoms with Gasteiger partial charge < -0.3 is 5.11 Å². The lowest BCUT2D eigenvalue weighted by Crippen LogP contribution is -2.35. The van der Waals surface area contributed by atoms with Crippen molar-refractivity contribution in [2.24, 2.45) is 0 Å². The molecule has 116 valence electrons. The molecule has 1 aromatic rings. The standard InChI is InChI=1S/C13H14F3NO3S/c1-17(10-13(14,15)16)21(19,20)12-7-4-6-11(9-12)5-2-3-8-18/h4,6-7,9,18H,3,8,10H2,1H3. The van der Waals surface area contributed by atoms with E-state index in [1.165, 1.54) is 24.3 Å². The fraction of sp³-hybridized carbons (Fsp3) is 0.385. The first kappa shape index (κ1) is 17.5. The van der Waals surface area contributed by atoms with Crippen LogP contribution >= 0.6 is 0 Å². The van der Waals surface area contributed by atoms with Crippen LogP contribution in [0.15, 0.2) is 29.2 Å². The van der Waals surface area contributed by atoms with Gasteiger partial charge in [-0.2, -0.15) is 17.5 Å². The molecule has 0 amide bonds. The lowest BCUT2D eigenvalue weighted by molar-refractivity contribution is -0.134. The Balaban J connectivity index is 3.04. The van der Waals surface area contributed by atoms with Gasteiger partial charge >= 0.3 is 6.18 Å². The first-order chi connectivity index (χ1) is 9.66. The minimum Gasteiger partial charge on any atom is -0.395 e. The molecule has 1 N–H and O–H groups in total. The third-order valence-corrected chi connectivity index (χ3v) is 4.21. The predicted octanol–water partition coefficient (Wildman–Crippen LogP) is 1.60. The van der Waals surface area contributed by atoms with Gasteiger partial charge in [0.15, 0.2) is 0 Å². The Kier molecular flexibility index (Phi) is 5.78. The quantitative estimate of drug-likeness (QED) is 0.857. The molecule has 0 saturated heterocycles. The van der Waals surface area contributed by atoms with Crippen molar-refractivity contribution >= 4 is 10.0 Å². The van der Waals surface area contributed by atoms with Crippen LogP contribution in [-0.2, 0) is 10.0 Å². The van der Waals surface area contributed by atoms with Crippen LogP contribution in [0, 0.1) is 11.8 Å². The van der Waals surface area contributed by atoms with Crippen LogP contribution in [0.1, 0.15) is 12.0 Å². The summed E-state index contributed by atoms with van der Waals surface area (Å²) in [5.74, 6) is 5.24. The van der Waals surface area contributed by atoms with Crippen LogP contribution in [0.25, 0.3) is 0 Å². The van der Waals surface area contributed by atoms with Gasteiger partial charge in [0, 0.05) is 19.0 Å². The summed E-state index contributed by atoms with van der Waals surface area (Å²) in [5.41, 5.74) is 0.352. The van der Waals surface area contributed by atoms with E-state index in [0.29, 0.717) is 5.56 Å². The van der Waals surface area contributed by atoms with E-state index in [0.717, 1.165) is 7.05 Å². The molecular weight excluding hydrogens is 307 g/mol. The molecule has 0 saturated carbocycles. The third kappa shape index (κ3) is 5.38. The zero-order chi connectivity index (χ0) is 16.1. The number of alkyl halides is 3. The monoisotopic (exact) mass is 321 g/mol. The zero-order valence-electron chi connectivity index (χ0n) is 11.2. The minimum absolute atomic E-state index is 0.126. The van der Waals surface area contributed by atoms with E-state index in [9.17, 15) is 21.6 Å². The molecule has 0 aliphatic carbocycles. The van der Waals surface area contributed by atoms with E-state index in [4.69, 9.17) is 5.11 Å². The molecule has 21 heavy (non-hydrogen) atoms. The second-order valence-electron chi connectivity index (χ2n) is 4.18. The molecule has 0 atom stereocenters. The molecule has 1 aromatic carbocycles. The van der Waals surface area contributed by atoms with Gasteiger partial charge in [-0.3, -0.25) is 0 Å². The van der Waals surface area contributed by atoms with Crippen LogP contribution in [0.4, 0.5) is 13.2 Å². The Morgan fingerprint density at radius 1 is 1.33 bits per heavy atom. The second-order valence-corrected chi connectivity index (χ2v) is 6.22. The maximum absolute atomic E-state index is 12.3. The van der Waals surface area contributed by atoms with Crippen molar-refractivity contribution in [1.82, 2.24) is 4.31 Å². The molecule has 0 aliphatic heterocycles. The van der Waals surface area contributed by atoms with E-state index in [1.807, 2.05) is 0 Å². The van der Waals surface area contributed by atoms with Crippen molar-refractivity contribution in [1.29, 1.82) is 0 Å². The fourth-order valence-corrected chi connectivity index (χ4v) is 2.67. The second kappa shape index (κ2) is 6.93. The highest BCUT2D eigenvalue weighted by atomic mass is 32.2. The van der Waals surface area contributed by atoms with Gasteiger partial charge in [0.05, 0.1) is 11.5 Å². The minimum atomic E-state index is -4.61. The first-order valence-electron chi connectivity index (χ1n) is 5.90. The van der Waals surface area contributed by atoms with Gasteiger partial charge in [-0.1, -0.05) is 17.9 Å². The number of halogens is 3. The summed E-state index contributed by atoms with van der Waals surface area (Å²) >= 11 is 0. The SMILES string of the molecule is CN(CC(F)(F)F)S(=O)(=O)c1cccc(C#CCCO)c1. The van der Waals surface area contributed by atoms with Crippen molar-refractivity contribution in [3.05, 3.63) is 29.8 Å². The molecule has 0 unspecified atom stereocenters. The van der Waals surface area contributed by atoms with Crippen molar-refractivity contribution in [3.8, 4) is 11.8 Å². The highest BCUT2D eigenvalue weighted by Crippen LogP contribution is 2.21. The lowest BCUT2D eigenvalue weighted by Gasteiger charge is -2.18. The van der Waals surface area contributed by atoms with Gasteiger partial charge in [0.2, 0.25) is 10.0 Å². The summed E-state index contributed by atoms with van der Waals surface area (Å²) in [6.45, 7) is -1.69. The molecule has 0 bridgehead atoms. The van der Waals surface area contributed by atoms with E-state index < -0.39 is 22.7 Å². The molecule has 0 heterocycles. The Morgan fingerprint density at radius 3 is 2.57 bits per heavy atom. The number of benzene rings is 1. The fourth-order valence-electron chi connectivity index (χ4n) is 1.47. The molecule has 4 nitrogen and oxygen atoms in total. The highest BCUT2D eigenvalue weighted by molar-refractivity contribution is 7.89. The van der Waals surface area contributed by atoms with Crippen molar-refractivity contribution in [2.75, 3.05) is 20.2 Å². The lowest BCUT2D eigenvalue weighted by atomic mass is 10.2. The summed E-state index contributed by atoms with van der Waals surface area (Å²) in [5, 5.41) is 8.60. The molecule has 1 rings (SSSR count). The molecular formula is C13H14F3NO3S. The number of aliphatic hydroxyl groups is 1. The Labute approximate surface area is 121 Å². The van der Waals surface area contributed by atoms with Gasteiger partial charge in [-0.25, -0.2) is 8.42 Å². The number of sulfonamides is 1. The van der Waals surface area contributed by atoms with Crippen LogP contribution in [0.5, 0.6) is 0 Å². The zero-order valence-corrected chi connectivity index (χ0v) is 12.0. The van der Waals surface area contributed by atoms with Gasteiger partial charge in [-0.05, 0) is 18.2 Å². The Bertz CT molecular complexity index is 645. The van der Waals surface area contributed by atoms with E-state index in [2.05, 4.69) is 11.8 Å². The van der Waals surface area contributed by atoms with Crippen LogP contribution in [0.2, 0.25) is 0 Å². The smallest absolute Gasteiger partial charge is 0.395 e. The molecule has 8 heteroatoms. The first-order valence-corrected chi connectivity index (χ1v) is 7.34. The van der Waals surface area contributed by atoms with E-state index in [1.54, 1.807) is 0 Å². The average Bonchev–Trinajstić information content (AvgIpc) is 2.37. The van der Waals surface area contributed by atoms with Crippen LogP contribution in [-0.4, -0.2) is 44.2 Å². The number of hydrogen-bond donors (Lipinski definition) is 1. The largest absolute Gasteiger partial charge is 0.402 e. The molecule has 0 radical (unpaired) electrons. The van der Waals surface area contributed by atoms with Gasteiger partial charge in [0.1, 0.15) is 6.54 Å². The number of hydrogen-bond acceptors (Lipinski definition) is 3. The summed E-state index contributed by atoms with van der Waals surface area (Å²) in [4.78, 5) is -0.259. The van der Waals surface area contributed by atoms with E-state index >= 15 is 0 Å². The normalized spacial score (nSPS) is 12.1. The maximum atomic E-state index is 12.3. The van der Waals surface area contributed by atoms with Crippen molar-refractivity contribution in [3.63, 3.8) is 0 Å². The number of rotatable bonds is 4. The third-order valence-electron chi connectivity index (χ3n) is 2.41. The number of aliphatic hydroxyl groups excluding tert-OH is 1. The maximum Gasteiger partial charge on any atom is 0.402 e. The van der Waals surface area contributed by atoms with Gasteiger partial charge in [-0.15, -0.1) is 0 Å². The number of nitrogens with zero attached hydrogens (tertiary/aromatic N) is 1. The summed E-state index contributed by atoms with van der Waals surface area (Å²) in [7, 11) is -3.36. The van der Waals surface area contributed by atoms with Crippen LogP contribution in [0.3, 0.4) is 0 Å². The predicted molar refractivity (Wildman–Crippen MR) is 70.9 cm³/mol. The molecule has 0 aliphatic rings. The average molecular weight is 321 g/mol. The summed E-state index contributed by atoms with van der Waals surface area (Å²) in [6, 6.07) is 5.34. The summed E-state index contributed by atoms with van der Waals surface area (Å²) in [6.07, 6.45) is -4.38. The molecule has 0 fully saturated rings.